The fraction of sp³-hybridized carbons (Fsp3) is 0.429. The summed E-state index contributed by atoms with van der Waals surface area (Å²) in [6.07, 6.45) is 2.74. The normalized spacial score (nSPS) is 9.27. The summed E-state index contributed by atoms with van der Waals surface area (Å²) in [7, 11) is 1.00. The maximum Gasteiger partial charge on any atom is 0.248 e. The lowest BCUT2D eigenvalue weighted by atomic mass is 10.0. The van der Waals surface area contributed by atoms with Gasteiger partial charge in [0.15, 0.2) is 0 Å². The summed E-state index contributed by atoms with van der Waals surface area (Å²) in [5, 5.41) is 7.00. The first kappa shape index (κ1) is 23.6. The molecule has 0 atom stereocenters. The third-order valence-electron chi connectivity index (χ3n) is 3.64. The van der Waals surface area contributed by atoms with Gasteiger partial charge in [-0.15, -0.1) is 0 Å². The van der Waals surface area contributed by atoms with E-state index in [1.54, 1.807) is 6.07 Å². The van der Waals surface area contributed by atoms with Crippen molar-refractivity contribution in [1.29, 1.82) is 0 Å². The number of aromatic nitrogens is 3. The van der Waals surface area contributed by atoms with Crippen LogP contribution in [0, 0.1) is 13.8 Å². The van der Waals surface area contributed by atoms with Crippen LogP contribution in [0.1, 0.15) is 51.4 Å². The second-order valence-electron chi connectivity index (χ2n) is 5.09. The van der Waals surface area contributed by atoms with Crippen molar-refractivity contribution in [2.24, 2.45) is 0 Å². The molecule has 5 nitrogen and oxygen atoms in total. The van der Waals surface area contributed by atoms with Crippen LogP contribution < -0.4 is 5.56 Å². The molecule has 0 saturated carbocycles. The van der Waals surface area contributed by atoms with E-state index in [4.69, 9.17) is 10.1 Å². The quantitative estimate of drug-likeness (QED) is 0.617. The van der Waals surface area contributed by atoms with Crippen LogP contribution in [0.3, 0.4) is 0 Å². The molecule has 0 bridgehead atoms. The Bertz CT molecular complexity index is 848. The molecule has 0 aliphatic rings. The summed E-state index contributed by atoms with van der Waals surface area (Å²) in [6, 6.07) is 5.53. The number of aryl methyl sites for hydroxylation is 3. The highest BCUT2D eigenvalue weighted by molar-refractivity contribution is 5.83. The fourth-order valence-corrected chi connectivity index (χ4v) is 2.57. The summed E-state index contributed by atoms with van der Waals surface area (Å²) >= 11 is 0. The number of nitrogens with one attached hydrogen (secondary N) is 2. The van der Waals surface area contributed by atoms with Crippen LogP contribution in [0.5, 0.6) is 0 Å². The minimum absolute atomic E-state index is 0.0674. The maximum atomic E-state index is 11.5. The number of pyridine rings is 2. The first-order valence-electron chi connectivity index (χ1n) is 9.22. The van der Waals surface area contributed by atoms with Crippen molar-refractivity contribution in [1.82, 2.24) is 15.0 Å². The summed E-state index contributed by atoms with van der Waals surface area (Å²) in [6.45, 7) is 14.1. The molecule has 0 amide bonds. The second-order valence-corrected chi connectivity index (χ2v) is 5.09. The highest BCUT2D eigenvalue weighted by atomic mass is 16.2. The Kier molecular flexibility index (Phi) is 10.9. The van der Waals surface area contributed by atoms with E-state index in [0.29, 0.717) is 0 Å². The average molecular weight is 360 g/mol. The predicted molar refractivity (Wildman–Crippen MR) is 112 cm³/mol. The SMILES string of the molecule is CC.CC.CCc1[nH]c(=O)ccc1-c1nc2c(C)c[nH]c2cc1C.CO. The Hall–Kier alpha value is -2.40. The van der Waals surface area contributed by atoms with Gasteiger partial charge in [0, 0.05) is 30.6 Å². The van der Waals surface area contributed by atoms with Gasteiger partial charge in [0.2, 0.25) is 5.56 Å². The molecule has 3 heterocycles. The molecule has 0 fully saturated rings. The summed E-state index contributed by atoms with van der Waals surface area (Å²) in [4.78, 5) is 22.4. The lowest BCUT2D eigenvalue weighted by Gasteiger charge is -2.10. The van der Waals surface area contributed by atoms with E-state index in [0.717, 1.165) is 52.6 Å². The lowest BCUT2D eigenvalue weighted by molar-refractivity contribution is 0.399. The largest absolute Gasteiger partial charge is 0.400 e. The molecular formula is C21H33N3O2. The van der Waals surface area contributed by atoms with Gasteiger partial charge in [-0.05, 0) is 43.5 Å². The van der Waals surface area contributed by atoms with E-state index in [-0.39, 0.29) is 5.56 Å². The Morgan fingerprint density at radius 3 is 2.23 bits per heavy atom. The lowest BCUT2D eigenvalue weighted by Crippen LogP contribution is -2.08. The van der Waals surface area contributed by atoms with Gasteiger partial charge in [-0.2, -0.15) is 0 Å². The molecule has 3 rings (SSSR count). The first-order valence-corrected chi connectivity index (χ1v) is 9.22. The molecule has 0 aromatic carbocycles. The maximum absolute atomic E-state index is 11.5. The van der Waals surface area contributed by atoms with Crippen molar-refractivity contribution in [3.8, 4) is 11.3 Å². The molecule has 3 aromatic heterocycles. The fourth-order valence-electron chi connectivity index (χ4n) is 2.57. The molecule has 26 heavy (non-hydrogen) atoms. The third-order valence-corrected chi connectivity index (χ3v) is 3.64. The zero-order valence-electron chi connectivity index (χ0n) is 17.3. The molecule has 0 aliphatic heterocycles. The molecule has 0 saturated heterocycles. The number of hydrogen-bond donors (Lipinski definition) is 3. The monoisotopic (exact) mass is 359 g/mol. The molecule has 0 radical (unpaired) electrons. The van der Waals surface area contributed by atoms with Crippen molar-refractivity contribution in [3.05, 3.63) is 51.6 Å². The van der Waals surface area contributed by atoms with Crippen molar-refractivity contribution in [2.45, 2.75) is 54.9 Å². The van der Waals surface area contributed by atoms with Gasteiger partial charge in [0.1, 0.15) is 0 Å². The van der Waals surface area contributed by atoms with Gasteiger partial charge in [0.05, 0.1) is 16.7 Å². The topological polar surface area (TPSA) is 81.8 Å². The van der Waals surface area contributed by atoms with Gasteiger partial charge in [-0.3, -0.25) is 4.79 Å². The van der Waals surface area contributed by atoms with E-state index in [9.17, 15) is 4.79 Å². The van der Waals surface area contributed by atoms with Crippen molar-refractivity contribution < 1.29 is 5.11 Å². The number of aliphatic hydroxyl groups excluding tert-OH is 1. The van der Waals surface area contributed by atoms with Gasteiger partial charge in [-0.1, -0.05) is 34.6 Å². The van der Waals surface area contributed by atoms with Gasteiger partial charge < -0.3 is 15.1 Å². The molecule has 5 heteroatoms. The van der Waals surface area contributed by atoms with Gasteiger partial charge >= 0.3 is 0 Å². The van der Waals surface area contributed by atoms with Gasteiger partial charge in [0.25, 0.3) is 0 Å². The molecule has 0 spiro atoms. The van der Waals surface area contributed by atoms with Crippen LogP contribution in [-0.2, 0) is 6.42 Å². The minimum Gasteiger partial charge on any atom is -0.400 e. The Labute approximate surface area is 156 Å². The van der Waals surface area contributed by atoms with Crippen molar-refractivity contribution in [2.75, 3.05) is 7.11 Å². The number of H-pyrrole nitrogens is 2. The van der Waals surface area contributed by atoms with Crippen molar-refractivity contribution >= 4 is 11.0 Å². The summed E-state index contributed by atoms with van der Waals surface area (Å²) < 4.78 is 0. The second kappa shape index (κ2) is 12.0. The van der Waals surface area contributed by atoms with Crippen LogP contribution in [0.4, 0.5) is 0 Å². The highest BCUT2D eigenvalue weighted by Gasteiger charge is 2.12. The Morgan fingerprint density at radius 1 is 1.04 bits per heavy atom. The predicted octanol–water partition coefficient (Wildman–Crippen LogP) is 4.76. The summed E-state index contributed by atoms with van der Waals surface area (Å²) in [5.41, 5.74) is 7.07. The number of hydrogen-bond acceptors (Lipinski definition) is 3. The molecule has 144 valence electrons. The summed E-state index contributed by atoms with van der Waals surface area (Å²) in [5.74, 6) is 0. The van der Waals surface area contributed by atoms with Crippen LogP contribution in [-0.4, -0.2) is 27.2 Å². The highest BCUT2D eigenvalue weighted by Crippen LogP contribution is 2.27. The molecular weight excluding hydrogens is 326 g/mol. The smallest absolute Gasteiger partial charge is 0.248 e. The first-order chi connectivity index (χ1) is 12.6. The molecule has 3 N–H and O–H groups in total. The van der Waals surface area contributed by atoms with E-state index < -0.39 is 0 Å². The molecule has 0 aliphatic carbocycles. The van der Waals surface area contributed by atoms with E-state index in [1.165, 1.54) is 0 Å². The molecule has 3 aromatic rings. The van der Waals surface area contributed by atoms with Crippen LogP contribution in [0.15, 0.2) is 29.2 Å². The van der Waals surface area contributed by atoms with E-state index in [1.807, 2.05) is 60.7 Å². The van der Waals surface area contributed by atoms with Crippen LogP contribution >= 0.6 is 0 Å². The Morgan fingerprint density at radius 2 is 1.65 bits per heavy atom. The van der Waals surface area contributed by atoms with E-state index in [2.05, 4.69) is 16.0 Å². The zero-order valence-corrected chi connectivity index (χ0v) is 17.3. The van der Waals surface area contributed by atoms with Crippen LogP contribution in [0.25, 0.3) is 22.3 Å². The standard InChI is InChI=1S/C16H17N3O.2C2H6.CH4O/c1-4-12-11(5-6-14(20)18-12)15-9(2)7-13-16(19-15)10(3)8-17-13;3*1-2/h5-8,17H,4H2,1-3H3,(H,18,20);2*1-2H3;2H,1H3. The number of fused-ring (bicyclic) bond motifs is 1. The number of rotatable bonds is 2. The minimum atomic E-state index is -0.0674. The Balaban J connectivity index is 0.000000948. The third kappa shape index (κ3) is 5.30. The number of aromatic amines is 2. The zero-order chi connectivity index (χ0) is 20.3. The molecule has 0 unspecified atom stereocenters. The van der Waals surface area contributed by atoms with Gasteiger partial charge in [-0.25, -0.2) is 4.98 Å². The van der Waals surface area contributed by atoms with Crippen LogP contribution in [0.2, 0.25) is 0 Å². The van der Waals surface area contributed by atoms with Crippen molar-refractivity contribution in [3.63, 3.8) is 0 Å². The number of nitrogens with zero attached hydrogens (tertiary/aromatic N) is 1. The number of aliphatic hydroxyl groups is 1. The van der Waals surface area contributed by atoms with E-state index >= 15 is 0 Å². The average Bonchev–Trinajstić information content (AvgIpc) is 3.05.